The molecule has 0 radical (unpaired) electrons. The molecule has 94 valence electrons. The van der Waals surface area contributed by atoms with Crippen LogP contribution in [0.15, 0.2) is 29.2 Å². The fourth-order valence-corrected chi connectivity index (χ4v) is 1.71. The summed E-state index contributed by atoms with van der Waals surface area (Å²) < 4.78 is 22.0. The van der Waals surface area contributed by atoms with Gasteiger partial charge in [0.15, 0.2) is 0 Å². The first kappa shape index (κ1) is 13.7. The number of hydrogen-bond donors (Lipinski definition) is 2. The summed E-state index contributed by atoms with van der Waals surface area (Å²) in [7, 11) is -3.70. The highest BCUT2D eigenvalue weighted by atomic mass is 32.2. The third-order valence-electron chi connectivity index (χ3n) is 2.12. The van der Waals surface area contributed by atoms with Crippen LogP contribution in [-0.4, -0.2) is 20.9 Å². The first-order valence-electron chi connectivity index (χ1n) is 5.22. The Bertz CT molecular complexity index is 492. The second-order valence-electron chi connectivity index (χ2n) is 4.17. The predicted octanol–water partition coefficient (Wildman–Crippen LogP) is 0.720. The summed E-state index contributed by atoms with van der Waals surface area (Å²) in [6.07, 6.45) is 0. The van der Waals surface area contributed by atoms with E-state index < -0.39 is 10.0 Å². The number of nitrogens with two attached hydrogens (primary N) is 1. The Kier molecular flexibility index (Phi) is 4.25. The Morgan fingerprint density at radius 2 is 1.82 bits per heavy atom. The van der Waals surface area contributed by atoms with Gasteiger partial charge in [0, 0.05) is 12.1 Å². The molecular weight excluding hydrogens is 240 g/mol. The molecule has 6 heteroatoms. The maximum absolute atomic E-state index is 11.6. The van der Waals surface area contributed by atoms with Gasteiger partial charge in [-0.05, 0) is 30.2 Å². The molecule has 1 amide bonds. The van der Waals surface area contributed by atoms with Crippen LogP contribution in [0.5, 0.6) is 0 Å². The largest absolute Gasteiger partial charge is 0.352 e. The minimum atomic E-state index is -3.70. The molecule has 5 nitrogen and oxygen atoms in total. The Morgan fingerprint density at radius 1 is 1.29 bits per heavy atom. The first-order valence-corrected chi connectivity index (χ1v) is 6.76. The van der Waals surface area contributed by atoms with Crippen molar-refractivity contribution in [2.24, 2.45) is 11.1 Å². The minimum absolute atomic E-state index is 0.00194. The van der Waals surface area contributed by atoms with Gasteiger partial charge in [0.25, 0.3) is 5.91 Å². The lowest BCUT2D eigenvalue weighted by molar-refractivity contribution is 0.0949. The lowest BCUT2D eigenvalue weighted by Gasteiger charge is -2.07. The van der Waals surface area contributed by atoms with E-state index in [1.165, 1.54) is 24.3 Å². The highest BCUT2D eigenvalue weighted by Crippen LogP contribution is 2.08. The van der Waals surface area contributed by atoms with Crippen molar-refractivity contribution in [1.29, 1.82) is 0 Å². The average Bonchev–Trinajstić information content (AvgIpc) is 2.25. The number of rotatable bonds is 4. The molecule has 17 heavy (non-hydrogen) atoms. The second kappa shape index (κ2) is 5.29. The fraction of sp³-hybridized carbons (Fsp3) is 0.364. The zero-order valence-electron chi connectivity index (χ0n) is 9.80. The molecular formula is C11H16N2O3S. The van der Waals surface area contributed by atoms with E-state index in [4.69, 9.17) is 5.14 Å². The van der Waals surface area contributed by atoms with Gasteiger partial charge in [0.05, 0.1) is 4.90 Å². The van der Waals surface area contributed by atoms with Gasteiger partial charge < -0.3 is 5.32 Å². The third-order valence-corrected chi connectivity index (χ3v) is 3.05. The van der Waals surface area contributed by atoms with Crippen LogP contribution in [0, 0.1) is 5.92 Å². The Hall–Kier alpha value is -1.40. The zero-order valence-corrected chi connectivity index (χ0v) is 10.6. The molecule has 0 heterocycles. The van der Waals surface area contributed by atoms with Gasteiger partial charge >= 0.3 is 0 Å². The summed E-state index contributed by atoms with van der Waals surface area (Å²) in [5, 5.41) is 7.69. The molecule has 1 rings (SSSR count). The number of primary sulfonamides is 1. The van der Waals surface area contributed by atoms with Crippen molar-refractivity contribution in [2.75, 3.05) is 6.54 Å². The molecule has 1 aromatic carbocycles. The van der Waals surface area contributed by atoms with Crippen molar-refractivity contribution in [2.45, 2.75) is 18.7 Å². The average molecular weight is 256 g/mol. The molecule has 0 spiro atoms. The summed E-state index contributed by atoms with van der Waals surface area (Å²) in [6, 6.07) is 5.52. The molecule has 0 aliphatic carbocycles. The van der Waals surface area contributed by atoms with Crippen molar-refractivity contribution >= 4 is 15.9 Å². The summed E-state index contributed by atoms with van der Waals surface area (Å²) in [4.78, 5) is 11.6. The van der Waals surface area contributed by atoms with E-state index in [0.29, 0.717) is 18.0 Å². The number of hydrogen-bond acceptors (Lipinski definition) is 3. The molecule has 0 aromatic heterocycles. The van der Waals surface area contributed by atoms with Gasteiger partial charge in [-0.25, -0.2) is 13.6 Å². The van der Waals surface area contributed by atoms with Crippen LogP contribution in [0.4, 0.5) is 0 Å². The molecule has 0 atom stereocenters. The van der Waals surface area contributed by atoms with Gasteiger partial charge in [-0.1, -0.05) is 13.8 Å². The van der Waals surface area contributed by atoms with Crippen LogP contribution in [0.1, 0.15) is 24.2 Å². The molecule has 0 saturated heterocycles. The van der Waals surface area contributed by atoms with Crippen LogP contribution in [0.25, 0.3) is 0 Å². The van der Waals surface area contributed by atoms with E-state index in [-0.39, 0.29) is 10.8 Å². The van der Waals surface area contributed by atoms with Crippen molar-refractivity contribution in [3.05, 3.63) is 29.8 Å². The van der Waals surface area contributed by atoms with Gasteiger partial charge in [0.1, 0.15) is 0 Å². The third kappa shape index (κ3) is 4.16. The normalized spacial score (nSPS) is 11.5. The van der Waals surface area contributed by atoms with Crippen molar-refractivity contribution < 1.29 is 13.2 Å². The Morgan fingerprint density at radius 3 is 2.24 bits per heavy atom. The fourth-order valence-electron chi connectivity index (χ4n) is 1.19. The van der Waals surface area contributed by atoms with E-state index in [1.807, 2.05) is 13.8 Å². The molecule has 1 aromatic rings. The summed E-state index contributed by atoms with van der Waals surface area (Å²) >= 11 is 0. The molecule has 0 aliphatic rings. The molecule has 0 bridgehead atoms. The number of carbonyl (C=O) groups excluding carboxylic acids is 1. The summed E-state index contributed by atoms with van der Waals surface area (Å²) in [6.45, 7) is 4.56. The standard InChI is InChI=1S/C11H16N2O3S/c1-8(2)7-13-11(14)9-3-5-10(6-4-9)17(12,15)16/h3-6,8H,7H2,1-2H3,(H,13,14)(H2,12,15,16). The molecule has 3 N–H and O–H groups in total. The minimum Gasteiger partial charge on any atom is -0.352 e. The Labute approximate surface area is 101 Å². The first-order chi connectivity index (χ1) is 7.80. The van der Waals surface area contributed by atoms with Crippen LogP contribution in [0.3, 0.4) is 0 Å². The number of nitrogens with one attached hydrogen (secondary N) is 1. The van der Waals surface area contributed by atoms with Gasteiger partial charge in [-0.15, -0.1) is 0 Å². The second-order valence-corrected chi connectivity index (χ2v) is 5.73. The molecule has 0 unspecified atom stereocenters. The van der Waals surface area contributed by atoms with E-state index >= 15 is 0 Å². The van der Waals surface area contributed by atoms with Crippen LogP contribution in [0.2, 0.25) is 0 Å². The quantitative estimate of drug-likeness (QED) is 0.831. The van der Waals surface area contributed by atoms with E-state index in [2.05, 4.69) is 5.32 Å². The monoisotopic (exact) mass is 256 g/mol. The smallest absolute Gasteiger partial charge is 0.251 e. The Balaban J connectivity index is 2.78. The van der Waals surface area contributed by atoms with Gasteiger partial charge in [0.2, 0.25) is 10.0 Å². The molecule has 0 saturated carbocycles. The highest BCUT2D eigenvalue weighted by molar-refractivity contribution is 7.89. The number of amides is 1. The van der Waals surface area contributed by atoms with E-state index in [0.717, 1.165) is 0 Å². The van der Waals surface area contributed by atoms with E-state index in [1.54, 1.807) is 0 Å². The lowest BCUT2D eigenvalue weighted by atomic mass is 10.2. The summed E-state index contributed by atoms with van der Waals surface area (Å²) in [5.41, 5.74) is 0.415. The van der Waals surface area contributed by atoms with Gasteiger partial charge in [-0.2, -0.15) is 0 Å². The maximum atomic E-state index is 11.6. The predicted molar refractivity (Wildman–Crippen MR) is 65.0 cm³/mol. The highest BCUT2D eigenvalue weighted by Gasteiger charge is 2.10. The van der Waals surface area contributed by atoms with Crippen LogP contribution >= 0.6 is 0 Å². The zero-order chi connectivity index (χ0) is 13.1. The van der Waals surface area contributed by atoms with Crippen LogP contribution < -0.4 is 10.5 Å². The van der Waals surface area contributed by atoms with Crippen LogP contribution in [-0.2, 0) is 10.0 Å². The molecule has 0 aliphatic heterocycles. The number of sulfonamides is 1. The van der Waals surface area contributed by atoms with Crippen molar-refractivity contribution in [3.8, 4) is 0 Å². The number of benzene rings is 1. The molecule has 0 fully saturated rings. The number of carbonyl (C=O) groups is 1. The van der Waals surface area contributed by atoms with Crippen molar-refractivity contribution in [1.82, 2.24) is 5.32 Å². The lowest BCUT2D eigenvalue weighted by Crippen LogP contribution is -2.27. The van der Waals surface area contributed by atoms with Crippen molar-refractivity contribution in [3.63, 3.8) is 0 Å². The maximum Gasteiger partial charge on any atom is 0.251 e. The van der Waals surface area contributed by atoms with Gasteiger partial charge in [-0.3, -0.25) is 4.79 Å². The topological polar surface area (TPSA) is 89.3 Å². The van der Waals surface area contributed by atoms with E-state index in [9.17, 15) is 13.2 Å². The SMILES string of the molecule is CC(C)CNC(=O)c1ccc(S(N)(=O)=O)cc1. The summed E-state index contributed by atoms with van der Waals surface area (Å²) in [5.74, 6) is 0.141.